The highest BCUT2D eigenvalue weighted by Crippen LogP contribution is 2.19. The molecule has 0 aromatic heterocycles. The molecule has 0 amide bonds. The van der Waals surface area contributed by atoms with E-state index in [-0.39, 0.29) is 5.56 Å². The lowest BCUT2D eigenvalue weighted by Crippen LogP contribution is -2.22. The lowest BCUT2D eigenvalue weighted by Gasteiger charge is -2.11. The number of hydrogen-bond donors (Lipinski definition) is 3. The van der Waals surface area contributed by atoms with Crippen molar-refractivity contribution in [3.8, 4) is 0 Å². The van der Waals surface area contributed by atoms with Gasteiger partial charge >= 0.3 is 11.9 Å². The minimum Gasteiger partial charge on any atom is -0.480 e. The molecule has 0 saturated carbocycles. The zero-order chi connectivity index (χ0) is 11.6. The number of rotatable bonds is 3. The Kier molecular flexibility index (Phi) is 3.06. The number of hydrogen-bond acceptors (Lipinski definition) is 3. The van der Waals surface area contributed by atoms with E-state index in [1.54, 1.807) is 6.92 Å². The first kappa shape index (κ1) is 11.2. The Bertz CT molecular complexity index is 414. The zero-order valence-electron chi connectivity index (χ0n) is 8.10. The molecule has 0 heterocycles. The zero-order valence-corrected chi connectivity index (χ0v) is 8.10. The van der Waals surface area contributed by atoms with Crippen molar-refractivity contribution >= 4 is 11.9 Å². The fourth-order valence-corrected chi connectivity index (χ4v) is 1.36. The van der Waals surface area contributed by atoms with E-state index >= 15 is 0 Å². The lowest BCUT2D eigenvalue weighted by atomic mass is 9.97. The van der Waals surface area contributed by atoms with Gasteiger partial charge in [-0.25, -0.2) is 4.79 Å². The van der Waals surface area contributed by atoms with Crippen LogP contribution in [0.4, 0.5) is 0 Å². The second kappa shape index (κ2) is 4.10. The van der Waals surface area contributed by atoms with Gasteiger partial charge in [-0.3, -0.25) is 4.79 Å². The van der Waals surface area contributed by atoms with Gasteiger partial charge in [-0.1, -0.05) is 12.1 Å². The minimum absolute atomic E-state index is 0.0733. The van der Waals surface area contributed by atoms with E-state index in [2.05, 4.69) is 0 Å². The molecular weight excluding hydrogens is 198 g/mol. The molecule has 1 aromatic carbocycles. The SMILES string of the molecule is Cc1c(C(=O)O)cccc1[C@H](N)C(=O)O. The molecule has 0 radical (unpaired) electrons. The van der Waals surface area contributed by atoms with Gasteiger partial charge in [0.1, 0.15) is 6.04 Å². The molecule has 0 fully saturated rings. The van der Waals surface area contributed by atoms with Crippen LogP contribution in [-0.4, -0.2) is 22.2 Å². The number of carboxylic acid groups (broad SMARTS) is 2. The second-order valence-corrected chi connectivity index (χ2v) is 3.14. The van der Waals surface area contributed by atoms with Gasteiger partial charge in [-0.05, 0) is 24.1 Å². The van der Waals surface area contributed by atoms with E-state index in [0.29, 0.717) is 11.1 Å². The topological polar surface area (TPSA) is 101 Å². The molecule has 1 rings (SSSR count). The van der Waals surface area contributed by atoms with Gasteiger partial charge in [0.05, 0.1) is 5.56 Å². The predicted molar refractivity (Wildman–Crippen MR) is 52.7 cm³/mol. The highest BCUT2D eigenvalue weighted by molar-refractivity contribution is 5.90. The summed E-state index contributed by atoms with van der Waals surface area (Å²) in [5.41, 5.74) is 6.20. The quantitative estimate of drug-likeness (QED) is 0.682. The van der Waals surface area contributed by atoms with E-state index in [4.69, 9.17) is 15.9 Å². The summed E-state index contributed by atoms with van der Waals surface area (Å²) >= 11 is 0. The van der Waals surface area contributed by atoms with Gasteiger partial charge in [0.2, 0.25) is 0 Å². The molecule has 0 spiro atoms. The summed E-state index contributed by atoms with van der Waals surface area (Å²) in [6.45, 7) is 1.54. The van der Waals surface area contributed by atoms with Crippen LogP contribution in [0.1, 0.15) is 27.5 Å². The summed E-state index contributed by atoms with van der Waals surface area (Å²) in [6, 6.07) is 3.22. The Morgan fingerprint density at radius 2 is 1.93 bits per heavy atom. The standard InChI is InChI=1S/C10H11NO4/c1-5-6(8(11)10(14)15)3-2-4-7(5)9(12)13/h2-4,8H,11H2,1H3,(H,12,13)(H,14,15)/t8-/m0/s1. The van der Waals surface area contributed by atoms with Crippen LogP contribution >= 0.6 is 0 Å². The van der Waals surface area contributed by atoms with Crippen molar-refractivity contribution in [3.05, 3.63) is 34.9 Å². The van der Waals surface area contributed by atoms with Crippen molar-refractivity contribution in [1.29, 1.82) is 0 Å². The number of aromatic carboxylic acids is 1. The number of benzene rings is 1. The number of carboxylic acids is 2. The third kappa shape index (κ3) is 2.13. The first-order valence-electron chi connectivity index (χ1n) is 4.26. The van der Waals surface area contributed by atoms with Crippen LogP contribution in [0, 0.1) is 6.92 Å². The maximum Gasteiger partial charge on any atom is 0.335 e. The molecule has 0 bridgehead atoms. The molecule has 0 aliphatic heterocycles. The van der Waals surface area contributed by atoms with Gasteiger partial charge in [0.15, 0.2) is 0 Å². The van der Waals surface area contributed by atoms with E-state index < -0.39 is 18.0 Å². The average Bonchev–Trinajstić information content (AvgIpc) is 2.16. The van der Waals surface area contributed by atoms with E-state index in [1.165, 1.54) is 18.2 Å². The van der Waals surface area contributed by atoms with Crippen LogP contribution in [0.3, 0.4) is 0 Å². The Morgan fingerprint density at radius 1 is 1.33 bits per heavy atom. The highest BCUT2D eigenvalue weighted by Gasteiger charge is 2.19. The van der Waals surface area contributed by atoms with Crippen LogP contribution in [0.2, 0.25) is 0 Å². The first-order chi connectivity index (χ1) is 6.95. The lowest BCUT2D eigenvalue weighted by molar-refractivity contribution is -0.138. The molecule has 80 valence electrons. The maximum atomic E-state index is 10.8. The van der Waals surface area contributed by atoms with Crippen LogP contribution < -0.4 is 5.73 Å². The summed E-state index contributed by atoms with van der Waals surface area (Å²) < 4.78 is 0. The molecular formula is C10H11NO4. The number of carbonyl (C=O) groups is 2. The van der Waals surface area contributed by atoms with Crippen molar-refractivity contribution in [3.63, 3.8) is 0 Å². The number of aliphatic carboxylic acids is 1. The predicted octanol–water partition coefficient (Wildman–Crippen LogP) is 0.778. The van der Waals surface area contributed by atoms with E-state index in [0.717, 1.165) is 0 Å². The fourth-order valence-electron chi connectivity index (χ4n) is 1.36. The minimum atomic E-state index is -1.19. The van der Waals surface area contributed by atoms with Gasteiger partial charge < -0.3 is 15.9 Å². The monoisotopic (exact) mass is 209 g/mol. The van der Waals surface area contributed by atoms with Gasteiger partial charge in [0, 0.05) is 0 Å². The van der Waals surface area contributed by atoms with E-state index in [9.17, 15) is 9.59 Å². The van der Waals surface area contributed by atoms with Crippen LogP contribution in [0.5, 0.6) is 0 Å². The van der Waals surface area contributed by atoms with Crippen molar-refractivity contribution in [2.75, 3.05) is 0 Å². The Labute approximate surface area is 86.1 Å². The molecule has 15 heavy (non-hydrogen) atoms. The number of nitrogens with two attached hydrogens (primary N) is 1. The molecule has 5 heteroatoms. The summed E-state index contributed by atoms with van der Waals surface area (Å²) in [7, 11) is 0. The van der Waals surface area contributed by atoms with E-state index in [1.807, 2.05) is 0 Å². The summed E-state index contributed by atoms with van der Waals surface area (Å²) in [5.74, 6) is -2.27. The van der Waals surface area contributed by atoms with Crippen LogP contribution in [0.15, 0.2) is 18.2 Å². The summed E-state index contributed by atoms with van der Waals surface area (Å²) in [5, 5.41) is 17.5. The van der Waals surface area contributed by atoms with Crippen molar-refractivity contribution in [2.45, 2.75) is 13.0 Å². The molecule has 5 nitrogen and oxygen atoms in total. The molecule has 0 saturated heterocycles. The van der Waals surface area contributed by atoms with Crippen molar-refractivity contribution < 1.29 is 19.8 Å². The highest BCUT2D eigenvalue weighted by atomic mass is 16.4. The Hall–Kier alpha value is -1.88. The Morgan fingerprint density at radius 3 is 2.40 bits per heavy atom. The third-order valence-electron chi connectivity index (χ3n) is 2.21. The van der Waals surface area contributed by atoms with Gasteiger partial charge in [-0.15, -0.1) is 0 Å². The normalized spacial score (nSPS) is 12.1. The molecule has 1 atom stereocenters. The van der Waals surface area contributed by atoms with Gasteiger partial charge in [0.25, 0.3) is 0 Å². The molecule has 0 aliphatic carbocycles. The fraction of sp³-hybridized carbons (Fsp3) is 0.200. The summed E-state index contributed by atoms with van der Waals surface area (Å²) in [6.07, 6.45) is 0. The van der Waals surface area contributed by atoms with Crippen molar-refractivity contribution in [1.82, 2.24) is 0 Å². The van der Waals surface area contributed by atoms with Gasteiger partial charge in [-0.2, -0.15) is 0 Å². The largest absolute Gasteiger partial charge is 0.480 e. The molecule has 4 N–H and O–H groups in total. The molecule has 0 aliphatic rings. The average molecular weight is 209 g/mol. The van der Waals surface area contributed by atoms with Crippen LogP contribution in [0.25, 0.3) is 0 Å². The smallest absolute Gasteiger partial charge is 0.335 e. The second-order valence-electron chi connectivity index (χ2n) is 3.14. The molecule has 0 unspecified atom stereocenters. The molecule has 1 aromatic rings. The Balaban J connectivity index is 3.26. The van der Waals surface area contributed by atoms with Crippen molar-refractivity contribution in [2.24, 2.45) is 5.73 Å². The third-order valence-corrected chi connectivity index (χ3v) is 2.21. The van der Waals surface area contributed by atoms with Crippen LogP contribution in [-0.2, 0) is 4.79 Å². The first-order valence-corrected chi connectivity index (χ1v) is 4.26. The maximum absolute atomic E-state index is 10.8. The summed E-state index contributed by atoms with van der Waals surface area (Å²) in [4.78, 5) is 21.4.